The number of rotatable bonds is 0. The van der Waals surface area contributed by atoms with Gasteiger partial charge in [0.15, 0.2) is 0 Å². The summed E-state index contributed by atoms with van der Waals surface area (Å²) in [5, 5.41) is 0. The summed E-state index contributed by atoms with van der Waals surface area (Å²) in [6, 6.07) is 4.29. The lowest BCUT2D eigenvalue weighted by Crippen LogP contribution is -2.21. The van der Waals surface area contributed by atoms with Gasteiger partial charge in [-0.2, -0.15) is 13.2 Å². The van der Waals surface area contributed by atoms with Gasteiger partial charge in [-0.15, -0.1) is 0 Å². The van der Waals surface area contributed by atoms with E-state index in [2.05, 4.69) is 0 Å². The van der Waals surface area contributed by atoms with Gasteiger partial charge in [0.2, 0.25) is 0 Å². The van der Waals surface area contributed by atoms with Crippen LogP contribution in [0.15, 0.2) is 18.2 Å². The number of nitrogen functional groups attached to an aromatic ring is 1. The van der Waals surface area contributed by atoms with Crippen LogP contribution < -0.4 is 5.73 Å². The van der Waals surface area contributed by atoms with Crippen LogP contribution >= 0.6 is 0 Å². The van der Waals surface area contributed by atoms with Crippen LogP contribution in [0.2, 0.25) is 0 Å². The molecule has 0 fully saturated rings. The normalized spacial score (nSPS) is 12.9. The minimum absolute atomic E-state index is 0.213. The molecule has 0 heterocycles. The lowest BCUT2D eigenvalue weighted by Gasteiger charge is -2.25. The summed E-state index contributed by atoms with van der Waals surface area (Å²) in [7, 11) is 0. The first-order valence-corrected chi connectivity index (χ1v) is 4.60. The third-order valence-electron chi connectivity index (χ3n) is 2.19. The molecule has 4 heteroatoms. The number of hydrogen-bond acceptors (Lipinski definition) is 1. The van der Waals surface area contributed by atoms with Crippen molar-refractivity contribution in [2.75, 3.05) is 5.73 Å². The lowest BCUT2D eigenvalue weighted by atomic mass is 9.83. The van der Waals surface area contributed by atoms with Gasteiger partial charge in [-0.3, -0.25) is 0 Å². The molecule has 0 radical (unpaired) electrons. The zero-order valence-corrected chi connectivity index (χ0v) is 8.94. The fourth-order valence-corrected chi connectivity index (χ4v) is 1.51. The van der Waals surface area contributed by atoms with E-state index in [1.165, 1.54) is 12.1 Å². The molecule has 0 spiro atoms. The topological polar surface area (TPSA) is 26.0 Å². The summed E-state index contributed by atoms with van der Waals surface area (Å²) >= 11 is 0. The van der Waals surface area contributed by atoms with E-state index < -0.39 is 17.2 Å². The molecule has 0 bridgehead atoms. The molecule has 84 valence electrons. The minimum atomic E-state index is -4.39. The maximum absolute atomic E-state index is 12.8. The van der Waals surface area contributed by atoms with Crippen LogP contribution in [-0.2, 0) is 11.6 Å². The Balaban J connectivity index is 3.48. The zero-order valence-electron chi connectivity index (χ0n) is 8.94. The average molecular weight is 217 g/mol. The van der Waals surface area contributed by atoms with E-state index in [1.54, 1.807) is 26.8 Å². The van der Waals surface area contributed by atoms with E-state index in [9.17, 15) is 13.2 Å². The van der Waals surface area contributed by atoms with Crippen molar-refractivity contribution in [1.29, 1.82) is 0 Å². The molecule has 1 aromatic rings. The molecule has 15 heavy (non-hydrogen) atoms. The Morgan fingerprint density at radius 3 is 1.93 bits per heavy atom. The Hall–Kier alpha value is -1.19. The van der Waals surface area contributed by atoms with Gasteiger partial charge in [0.1, 0.15) is 0 Å². The Kier molecular flexibility index (Phi) is 2.72. The Bertz CT molecular complexity index is 361. The smallest absolute Gasteiger partial charge is 0.398 e. The van der Waals surface area contributed by atoms with Crippen LogP contribution in [0.5, 0.6) is 0 Å². The number of alkyl halides is 3. The predicted molar refractivity (Wildman–Crippen MR) is 54.6 cm³/mol. The van der Waals surface area contributed by atoms with Crippen LogP contribution in [0.1, 0.15) is 31.9 Å². The van der Waals surface area contributed by atoms with Crippen molar-refractivity contribution in [3.05, 3.63) is 29.3 Å². The van der Waals surface area contributed by atoms with E-state index in [0.29, 0.717) is 0 Å². The highest BCUT2D eigenvalue weighted by atomic mass is 19.4. The highest BCUT2D eigenvalue weighted by Crippen LogP contribution is 2.40. The zero-order chi connectivity index (χ0) is 11.9. The van der Waals surface area contributed by atoms with Crippen LogP contribution in [0, 0.1) is 0 Å². The van der Waals surface area contributed by atoms with Crippen molar-refractivity contribution in [3.63, 3.8) is 0 Å². The summed E-state index contributed by atoms with van der Waals surface area (Å²) in [6.07, 6.45) is -4.39. The quantitative estimate of drug-likeness (QED) is 0.660. The molecule has 0 amide bonds. The number of nitrogens with two attached hydrogens (primary N) is 1. The minimum Gasteiger partial charge on any atom is -0.398 e. The van der Waals surface area contributed by atoms with Gasteiger partial charge in [-0.05, 0) is 17.0 Å². The molecule has 0 saturated carbocycles. The maximum Gasteiger partial charge on any atom is 0.418 e. The standard InChI is InChI=1S/C11H14F3N/c1-10(2,3)7-5-4-6-8(15)9(7)11(12,13)14/h4-6H,15H2,1-3H3. The molecule has 0 aliphatic heterocycles. The van der Waals surface area contributed by atoms with Crippen LogP contribution in [0.4, 0.5) is 18.9 Å². The summed E-state index contributed by atoms with van der Waals surface area (Å²) in [5.41, 5.74) is 4.12. The molecular formula is C11H14F3N. The van der Waals surface area contributed by atoms with Crippen molar-refractivity contribution in [1.82, 2.24) is 0 Å². The third kappa shape index (κ3) is 2.43. The molecule has 2 N–H and O–H groups in total. The van der Waals surface area contributed by atoms with Gasteiger partial charge in [0.05, 0.1) is 5.56 Å². The van der Waals surface area contributed by atoms with Gasteiger partial charge >= 0.3 is 6.18 Å². The van der Waals surface area contributed by atoms with Crippen molar-refractivity contribution in [2.24, 2.45) is 0 Å². The number of benzene rings is 1. The SMILES string of the molecule is CC(C)(C)c1cccc(N)c1C(F)(F)F. The van der Waals surface area contributed by atoms with Crippen molar-refractivity contribution < 1.29 is 13.2 Å². The van der Waals surface area contributed by atoms with Crippen LogP contribution in [-0.4, -0.2) is 0 Å². The number of anilines is 1. The van der Waals surface area contributed by atoms with E-state index in [1.807, 2.05) is 0 Å². The van der Waals surface area contributed by atoms with Gasteiger partial charge < -0.3 is 5.73 Å². The van der Waals surface area contributed by atoms with Crippen molar-refractivity contribution in [3.8, 4) is 0 Å². The van der Waals surface area contributed by atoms with E-state index in [4.69, 9.17) is 5.73 Å². The van der Waals surface area contributed by atoms with Crippen molar-refractivity contribution >= 4 is 5.69 Å². The number of hydrogen-bond donors (Lipinski definition) is 1. The Morgan fingerprint density at radius 1 is 1.07 bits per heavy atom. The monoisotopic (exact) mass is 217 g/mol. The van der Waals surface area contributed by atoms with E-state index >= 15 is 0 Å². The molecule has 1 aromatic carbocycles. The molecule has 0 unspecified atom stereocenters. The fraction of sp³-hybridized carbons (Fsp3) is 0.455. The Labute approximate surface area is 87.1 Å². The highest BCUT2D eigenvalue weighted by molar-refractivity contribution is 5.54. The fourth-order valence-electron chi connectivity index (χ4n) is 1.51. The first-order valence-electron chi connectivity index (χ1n) is 4.60. The third-order valence-corrected chi connectivity index (χ3v) is 2.19. The van der Waals surface area contributed by atoms with Gasteiger partial charge in [0.25, 0.3) is 0 Å². The first kappa shape index (κ1) is 11.9. The van der Waals surface area contributed by atoms with Crippen LogP contribution in [0.3, 0.4) is 0 Å². The summed E-state index contributed by atoms with van der Waals surface area (Å²) in [4.78, 5) is 0. The van der Waals surface area contributed by atoms with Crippen LogP contribution in [0.25, 0.3) is 0 Å². The second-order valence-corrected chi connectivity index (χ2v) is 4.52. The highest BCUT2D eigenvalue weighted by Gasteiger charge is 2.38. The van der Waals surface area contributed by atoms with Gasteiger partial charge in [0, 0.05) is 5.69 Å². The molecule has 1 nitrogen and oxygen atoms in total. The maximum atomic E-state index is 12.8. The molecular weight excluding hydrogens is 203 g/mol. The summed E-state index contributed by atoms with van der Waals surface area (Å²) in [6.45, 7) is 5.20. The predicted octanol–water partition coefficient (Wildman–Crippen LogP) is 3.59. The first-order chi connectivity index (χ1) is 6.64. The largest absolute Gasteiger partial charge is 0.418 e. The number of halogens is 3. The molecule has 0 saturated heterocycles. The van der Waals surface area contributed by atoms with Gasteiger partial charge in [-0.25, -0.2) is 0 Å². The van der Waals surface area contributed by atoms with Gasteiger partial charge in [-0.1, -0.05) is 32.9 Å². The molecule has 0 aliphatic carbocycles. The second kappa shape index (κ2) is 3.43. The summed E-state index contributed by atoms with van der Waals surface area (Å²) in [5.74, 6) is 0. The molecule has 0 aliphatic rings. The molecule has 0 atom stereocenters. The van der Waals surface area contributed by atoms with E-state index in [0.717, 1.165) is 0 Å². The lowest BCUT2D eigenvalue weighted by molar-refractivity contribution is -0.138. The van der Waals surface area contributed by atoms with Crippen molar-refractivity contribution in [2.45, 2.75) is 32.4 Å². The summed E-state index contributed by atoms with van der Waals surface area (Å²) < 4.78 is 38.3. The Morgan fingerprint density at radius 2 is 1.60 bits per heavy atom. The molecule has 0 aromatic heterocycles. The average Bonchev–Trinajstić information content (AvgIpc) is 1.99. The molecule has 1 rings (SSSR count). The second-order valence-electron chi connectivity index (χ2n) is 4.52. The van der Waals surface area contributed by atoms with E-state index in [-0.39, 0.29) is 11.3 Å².